The smallest absolute Gasteiger partial charge is 0.242 e. The van der Waals surface area contributed by atoms with Gasteiger partial charge in [-0.15, -0.1) is 0 Å². The van der Waals surface area contributed by atoms with Gasteiger partial charge in [-0.1, -0.05) is 48.9 Å². The van der Waals surface area contributed by atoms with Gasteiger partial charge in [0.05, 0.1) is 18.7 Å². The molecule has 1 heterocycles. The van der Waals surface area contributed by atoms with E-state index < -0.39 is 12.1 Å². The summed E-state index contributed by atoms with van der Waals surface area (Å²) in [6.45, 7) is 0.737. The zero-order chi connectivity index (χ0) is 31.2. The molecule has 1 fully saturated rings. The summed E-state index contributed by atoms with van der Waals surface area (Å²) in [5.41, 5.74) is 19.2. The molecule has 3 amide bonds. The highest BCUT2D eigenvalue weighted by atomic mass is 16.5. The van der Waals surface area contributed by atoms with Crippen LogP contribution in [-0.2, 0) is 19.1 Å². The molecule has 0 bridgehead atoms. The summed E-state index contributed by atoms with van der Waals surface area (Å²) in [7, 11) is 0. The second-order valence-corrected chi connectivity index (χ2v) is 10.4. The molecule has 0 aromatic heterocycles. The predicted molar refractivity (Wildman–Crippen MR) is 162 cm³/mol. The molecule has 1 saturated heterocycles. The van der Waals surface area contributed by atoms with Gasteiger partial charge in [-0.2, -0.15) is 0 Å². The van der Waals surface area contributed by atoms with Crippen LogP contribution in [0.25, 0.3) is 5.70 Å². The first-order valence-electron chi connectivity index (χ1n) is 14.3. The number of nitrogens with zero attached hydrogens (tertiary/aromatic N) is 1. The molecule has 1 aliphatic rings. The number of carbonyl (C=O) groups excluding carboxylic acids is 3. The van der Waals surface area contributed by atoms with E-state index in [-0.39, 0.29) is 66.7 Å². The van der Waals surface area contributed by atoms with Crippen molar-refractivity contribution in [3.8, 4) is 5.75 Å². The van der Waals surface area contributed by atoms with Gasteiger partial charge in [0.15, 0.2) is 5.76 Å². The molecular formula is C31H42N6O6. The third kappa shape index (κ3) is 10.9. The molecule has 0 saturated carbocycles. The summed E-state index contributed by atoms with van der Waals surface area (Å²) < 4.78 is 5.89. The van der Waals surface area contributed by atoms with Crippen LogP contribution in [0.4, 0.5) is 0 Å². The standard InChI is InChI=1S/C31H42N6O6/c32-24(23-11-7-8-12-26(23)39)17-27(31(33)34)43-20-25(21-9-3-1-4-10-21)36-29(41)14-6-2-5-13-28(40)35-18-30(42)37-16-15-22(38)19-37/h1,3-4,7-12,17,22,25,38-39H,2,5-6,13-16,18-20,32-34H2,(H,35,40)(H,36,41)/b24-17-. The Kier molecular flexibility index (Phi) is 12.7. The van der Waals surface area contributed by atoms with Crippen LogP contribution in [0.15, 0.2) is 72.3 Å². The lowest BCUT2D eigenvalue weighted by atomic mass is 10.1. The number of phenolic OH excluding ortho intramolecular Hbond substituents is 1. The molecule has 10 N–H and O–H groups in total. The van der Waals surface area contributed by atoms with Crippen LogP contribution in [0.1, 0.15) is 55.7 Å². The van der Waals surface area contributed by atoms with E-state index in [1.54, 1.807) is 23.1 Å². The van der Waals surface area contributed by atoms with E-state index in [0.29, 0.717) is 44.3 Å². The predicted octanol–water partition coefficient (Wildman–Crippen LogP) is 1.31. The molecule has 2 atom stereocenters. The molecule has 12 nitrogen and oxygen atoms in total. The largest absolute Gasteiger partial charge is 0.507 e. The quantitative estimate of drug-likeness (QED) is 0.0900. The summed E-state index contributed by atoms with van der Waals surface area (Å²) in [6, 6.07) is 15.4. The molecule has 232 valence electrons. The van der Waals surface area contributed by atoms with Crippen molar-refractivity contribution < 1.29 is 29.3 Å². The van der Waals surface area contributed by atoms with Gasteiger partial charge in [-0.25, -0.2) is 0 Å². The number of benzene rings is 2. The van der Waals surface area contributed by atoms with Crippen LogP contribution in [0.3, 0.4) is 0 Å². The number of likely N-dealkylation sites (tertiary alicyclic amines) is 1. The minimum Gasteiger partial charge on any atom is -0.507 e. The van der Waals surface area contributed by atoms with E-state index in [1.165, 1.54) is 12.1 Å². The number of allylic oxidation sites excluding steroid dienone is 1. The number of aromatic hydroxyl groups is 1. The number of nitrogens with one attached hydrogen (secondary N) is 2. The number of unbranched alkanes of at least 4 members (excludes halogenated alkanes) is 2. The lowest BCUT2D eigenvalue weighted by Gasteiger charge is -2.21. The van der Waals surface area contributed by atoms with Crippen LogP contribution in [0.5, 0.6) is 5.75 Å². The lowest BCUT2D eigenvalue weighted by molar-refractivity contribution is -0.132. The summed E-state index contributed by atoms with van der Waals surface area (Å²) in [6.07, 6.45) is 3.81. The van der Waals surface area contributed by atoms with Crippen LogP contribution in [-0.4, -0.2) is 65.2 Å². The Morgan fingerprint density at radius 2 is 1.65 bits per heavy atom. The van der Waals surface area contributed by atoms with Crippen LogP contribution >= 0.6 is 0 Å². The van der Waals surface area contributed by atoms with Crippen molar-refractivity contribution in [2.75, 3.05) is 26.2 Å². The molecule has 43 heavy (non-hydrogen) atoms. The second kappa shape index (κ2) is 16.7. The number of aliphatic hydroxyl groups is 1. The number of hydrogen-bond acceptors (Lipinski definition) is 9. The maximum atomic E-state index is 12.8. The van der Waals surface area contributed by atoms with Crippen LogP contribution in [0.2, 0.25) is 0 Å². The molecule has 2 unspecified atom stereocenters. The van der Waals surface area contributed by atoms with Gasteiger partial charge in [0.25, 0.3) is 0 Å². The SMILES string of the molecule is NC(N)=C(/C=C(\N)c1ccccc1O)OCC(NC(=O)CCCCCC(=O)NCC(=O)N1CCC(O)C1)c1ccccc1. The van der Waals surface area contributed by atoms with Crippen molar-refractivity contribution in [1.82, 2.24) is 15.5 Å². The topological polar surface area (TPSA) is 206 Å². The zero-order valence-corrected chi connectivity index (χ0v) is 24.2. The van der Waals surface area contributed by atoms with Gasteiger partial charge in [0.2, 0.25) is 17.7 Å². The maximum Gasteiger partial charge on any atom is 0.242 e. The first kappa shape index (κ1) is 32.8. The minimum absolute atomic E-state index is 0.00427. The first-order chi connectivity index (χ1) is 20.6. The lowest BCUT2D eigenvalue weighted by Crippen LogP contribution is -2.39. The molecule has 2 aromatic carbocycles. The molecule has 1 aliphatic heterocycles. The van der Waals surface area contributed by atoms with Gasteiger partial charge in [-0.05, 0) is 37.0 Å². The number of phenols is 1. The van der Waals surface area contributed by atoms with Gasteiger partial charge in [0.1, 0.15) is 18.2 Å². The van der Waals surface area contributed by atoms with Gasteiger partial charge in [0, 0.05) is 43.3 Å². The average molecular weight is 595 g/mol. The molecule has 3 rings (SSSR count). The van der Waals surface area contributed by atoms with Gasteiger partial charge >= 0.3 is 0 Å². The number of rotatable bonds is 15. The number of aliphatic hydroxyl groups excluding tert-OH is 1. The minimum atomic E-state index is -0.511. The van der Waals surface area contributed by atoms with Crippen molar-refractivity contribution in [2.45, 2.75) is 50.7 Å². The molecular weight excluding hydrogens is 552 g/mol. The highest BCUT2D eigenvalue weighted by molar-refractivity contribution is 5.84. The van der Waals surface area contributed by atoms with Crippen molar-refractivity contribution in [2.24, 2.45) is 17.2 Å². The highest BCUT2D eigenvalue weighted by Gasteiger charge is 2.24. The number of ether oxygens (including phenoxy) is 1. The van der Waals surface area contributed by atoms with Gasteiger partial charge in [-0.3, -0.25) is 14.4 Å². The number of amides is 3. The normalized spacial score (nSPS) is 15.4. The summed E-state index contributed by atoms with van der Waals surface area (Å²) in [4.78, 5) is 38.5. The Morgan fingerprint density at radius 3 is 2.30 bits per heavy atom. The molecule has 2 aromatic rings. The zero-order valence-electron chi connectivity index (χ0n) is 24.2. The summed E-state index contributed by atoms with van der Waals surface area (Å²) >= 11 is 0. The van der Waals surface area contributed by atoms with Crippen molar-refractivity contribution in [3.05, 3.63) is 83.4 Å². The van der Waals surface area contributed by atoms with Crippen molar-refractivity contribution in [1.29, 1.82) is 0 Å². The van der Waals surface area contributed by atoms with E-state index in [0.717, 1.165) is 5.56 Å². The molecule has 0 radical (unpaired) electrons. The Hall–Kier alpha value is -4.71. The average Bonchev–Trinajstić information content (AvgIpc) is 3.43. The maximum absolute atomic E-state index is 12.8. The van der Waals surface area contributed by atoms with E-state index in [9.17, 15) is 24.6 Å². The molecule has 12 heteroatoms. The number of hydrogen-bond donors (Lipinski definition) is 7. The van der Waals surface area contributed by atoms with Crippen LogP contribution in [0, 0.1) is 0 Å². The Labute approximate surface area is 251 Å². The first-order valence-corrected chi connectivity index (χ1v) is 14.3. The fourth-order valence-electron chi connectivity index (χ4n) is 4.58. The monoisotopic (exact) mass is 594 g/mol. The molecule has 0 aliphatic carbocycles. The third-order valence-electron chi connectivity index (χ3n) is 6.99. The van der Waals surface area contributed by atoms with Crippen molar-refractivity contribution >= 4 is 23.4 Å². The number of para-hydroxylation sites is 1. The summed E-state index contributed by atoms with van der Waals surface area (Å²) in [5, 5.41) is 25.2. The van der Waals surface area contributed by atoms with Crippen molar-refractivity contribution in [3.63, 3.8) is 0 Å². The van der Waals surface area contributed by atoms with E-state index in [1.807, 2.05) is 30.3 Å². The summed E-state index contributed by atoms with van der Waals surface area (Å²) in [5.74, 6) is -0.621. The van der Waals surface area contributed by atoms with E-state index in [2.05, 4.69) is 10.6 Å². The fraction of sp³-hybridized carbons (Fsp3) is 0.387. The Balaban J connectivity index is 1.45. The van der Waals surface area contributed by atoms with E-state index in [4.69, 9.17) is 21.9 Å². The number of nitrogens with two attached hydrogens (primary N) is 3. The fourth-order valence-corrected chi connectivity index (χ4v) is 4.58. The van der Waals surface area contributed by atoms with Crippen LogP contribution < -0.4 is 27.8 Å². The number of carbonyl (C=O) groups is 3. The second-order valence-electron chi connectivity index (χ2n) is 10.4. The Bertz CT molecular complexity index is 1290. The van der Waals surface area contributed by atoms with Gasteiger partial charge < -0.3 is 47.7 Å². The van der Waals surface area contributed by atoms with E-state index >= 15 is 0 Å². The third-order valence-corrected chi connectivity index (χ3v) is 6.99. The number of β-amino-alcohol motifs (C(OH)–C–C–N with tert-alkyl or cyclic N) is 1. The Morgan fingerprint density at radius 1 is 0.977 bits per heavy atom. The highest BCUT2D eigenvalue weighted by Crippen LogP contribution is 2.23. The molecule has 0 spiro atoms.